The van der Waals surface area contributed by atoms with Crippen molar-refractivity contribution in [3.8, 4) is 0 Å². The van der Waals surface area contributed by atoms with E-state index in [0.717, 1.165) is 38.5 Å². The first-order chi connectivity index (χ1) is 30.5. The van der Waals surface area contributed by atoms with Crippen LogP contribution in [-0.4, -0.2) is 46.1 Å². The van der Waals surface area contributed by atoms with Gasteiger partial charge in [-0.2, -0.15) is 0 Å². The second kappa shape index (κ2) is 51.9. The Labute approximate surface area is 387 Å². The molecule has 0 saturated carbocycles. The molecule has 0 aromatic carbocycles. The SMILES string of the molecule is CCCCCC/C=C/CC/C=C/C(O)C(CO)NC(=O)CC(O)CCCCCCCCCCCCCCCCC/C=C\C/C=C\CCCCCCCCCCCCCCCCC. The number of allylic oxidation sites excluding steroid dienone is 7. The smallest absolute Gasteiger partial charge is 0.222 e. The molecular weight excluding hydrogens is 763 g/mol. The van der Waals surface area contributed by atoms with Gasteiger partial charge in [-0.15, -0.1) is 0 Å². The second-order valence-corrected chi connectivity index (χ2v) is 18.8. The van der Waals surface area contributed by atoms with Crippen molar-refractivity contribution in [1.82, 2.24) is 5.32 Å². The van der Waals surface area contributed by atoms with Crippen LogP contribution in [0, 0.1) is 0 Å². The Morgan fingerprint density at radius 3 is 1.15 bits per heavy atom. The molecule has 5 heteroatoms. The van der Waals surface area contributed by atoms with Crippen molar-refractivity contribution >= 4 is 5.91 Å². The van der Waals surface area contributed by atoms with E-state index in [1.54, 1.807) is 6.08 Å². The van der Waals surface area contributed by atoms with Gasteiger partial charge >= 0.3 is 0 Å². The average molecular weight is 870 g/mol. The van der Waals surface area contributed by atoms with Gasteiger partial charge in [0.15, 0.2) is 0 Å². The minimum Gasteiger partial charge on any atom is -0.394 e. The zero-order valence-electron chi connectivity index (χ0n) is 41.5. The third-order valence-electron chi connectivity index (χ3n) is 12.6. The number of hydrogen-bond acceptors (Lipinski definition) is 4. The molecule has 0 aliphatic carbocycles. The summed E-state index contributed by atoms with van der Waals surface area (Å²) in [4.78, 5) is 12.4. The molecule has 0 heterocycles. The van der Waals surface area contributed by atoms with E-state index in [0.29, 0.717) is 6.42 Å². The fourth-order valence-electron chi connectivity index (χ4n) is 8.39. The van der Waals surface area contributed by atoms with Crippen LogP contribution in [-0.2, 0) is 4.79 Å². The Bertz CT molecular complexity index is 1000. The van der Waals surface area contributed by atoms with E-state index in [1.165, 1.54) is 218 Å². The van der Waals surface area contributed by atoms with Gasteiger partial charge in [-0.1, -0.05) is 262 Å². The fourth-order valence-corrected chi connectivity index (χ4v) is 8.39. The average Bonchev–Trinajstić information content (AvgIpc) is 3.27. The molecule has 0 bridgehead atoms. The highest BCUT2D eigenvalue weighted by atomic mass is 16.3. The summed E-state index contributed by atoms with van der Waals surface area (Å²) in [7, 11) is 0. The van der Waals surface area contributed by atoms with Crippen LogP contribution in [0.25, 0.3) is 0 Å². The van der Waals surface area contributed by atoms with Crippen molar-refractivity contribution in [2.24, 2.45) is 0 Å². The lowest BCUT2D eigenvalue weighted by Crippen LogP contribution is -2.45. The number of nitrogens with one attached hydrogen (secondary N) is 1. The van der Waals surface area contributed by atoms with Gasteiger partial charge in [0, 0.05) is 0 Å². The van der Waals surface area contributed by atoms with E-state index in [9.17, 15) is 20.1 Å². The molecule has 0 aliphatic rings. The van der Waals surface area contributed by atoms with Crippen LogP contribution in [0.5, 0.6) is 0 Å². The molecule has 0 fully saturated rings. The minimum atomic E-state index is -0.950. The number of aliphatic hydroxyl groups is 3. The topological polar surface area (TPSA) is 89.8 Å². The molecule has 3 atom stereocenters. The maximum Gasteiger partial charge on any atom is 0.222 e. The van der Waals surface area contributed by atoms with Crippen LogP contribution in [0.1, 0.15) is 284 Å². The van der Waals surface area contributed by atoms with Crippen molar-refractivity contribution in [2.45, 2.75) is 302 Å². The molecular formula is C57H107NO4. The zero-order chi connectivity index (χ0) is 45.1. The van der Waals surface area contributed by atoms with Crippen LogP contribution < -0.4 is 5.32 Å². The predicted octanol–water partition coefficient (Wildman–Crippen LogP) is 16.8. The summed E-state index contributed by atoms with van der Waals surface area (Å²) in [5.74, 6) is -0.326. The van der Waals surface area contributed by atoms with Gasteiger partial charge in [0.25, 0.3) is 0 Å². The van der Waals surface area contributed by atoms with Crippen LogP contribution >= 0.6 is 0 Å². The molecule has 0 spiro atoms. The van der Waals surface area contributed by atoms with E-state index in [-0.39, 0.29) is 18.9 Å². The van der Waals surface area contributed by atoms with Crippen LogP contribution in [0.2, 0.25) is 0 Å². The van der Waals surface area contributed by atoms with Gasteiger partial charge < -0.3 is 20.6 Å². The molecule has 62 heavy (non-hydrogen) atoms. The molecule has 0 aliphatic heterocycles. The lowest BCUT2D eigenvalue weighted by Gasteiger charge is -2.21. The number of aliphatic hydroxyl groups excluding tert-OH is 3. The number of amides is 1. The first-order valence-electron chi connectivity index (χ1n) is 27.4. The fraction of sp³-hybridized carbons (Fsp3) is 0.842. The zero-order valence-corrected chi connectivity index (χ0v) is 41.5. The normalized spacial score (nSPS) is 13.7. The molecule has 3 unspecified atom stereocenters. The Balaban J connectivity index is 3.47. The highest BCUT2D eigenvalue weighted by Gasteiger charge is 2.20. The maximum atomic E-state index is 12.4. The third kappa shape index (κ3) is 47.8. The first kappa shape index (κ1) is 60.3. The molecule has 4 N–H and O–H groups in total. The molecule has 0 aromatic heterocycles. The van der Waals surface area contributed by atoms with Gasteiger partial charge in [0.1, 0.15) is 0 Å². The van der Waals surface area contributed by atoms with E-state index in [1.807, 2.05) is 6.08 Å². The van der Waals surface area contributed by atoms with E-state index in [2.05, 4.69) is 55.6 Å². The van der Waals surface area contributed by atoms with Crippen molar-refractivity contribution in [3.05, 3.63) is 48.6 Å². The number of unbranched alkanes of at least 4 members (excludes halogenated alkanes) is 35. The van der Waals surface area contributed by atoms with Crippen molar-refractivity contribution < 1.29 is 20.1 Å². The van der Waals surface area contributed by atoms with Gasteiger partial charge in [0.2, 0.25) is 5.91 Å². The molecule has 364 valence electrons. The summed E-state index contributed by atoms with van der Waals surface area (Å²) in [5.41, 5.74) is 0. The van der Waals surface area contributed by atoms with Crippen molar-refractivity contribution in [1.29, 1.82) is 0 Å². The molecule has 0 saturated heterocycles. The lowest BCUT2D eigenvalue weighted by molar-refractivity contribution is -0.124. The molecule has 0 aromatic rings. The Kier molecular flexibility index (Phi) is 50.5. The number of hydrogen-bond donors (Lipinski definition) is 4. The Morgan fingerprint density at radius 2 is 0.742 bits per heavy atom. The number of carbonyl (C=O) groups excluding carboxylic acids is 1. The highest BCUT2D eigenvalue weighted by Crippen LogP contribution is 2.17. The Morgan fingerprint density at radius 1 is 0.419 bits per heavy atom. The van der Waals surface area contributed by atoms with Gasteiger partial charge in [0.05, 0.1) is 31.3 Å². The first-order valence-corrected chi connectivity index (χ1v) is 27.4. The predicted molar refractivity (Wildman–Crippen MR) is 273 cm³/mol. The molecule has 0 radical (unpaired) electrons. The number of rotatable bonds is 50. The minimum absolute atomic E-state index is 0.00541. The summed E-state index contributed by atoms with van der Waals surface area (Å²) in [6.07, 6.45) is 69.0. The molecule has 1 amide bonds. The van der Waals surface area contributed by atoms with Gasteiger partial charge in [-0.05, 0) is 64.2 Å². The van der Waals surface area contributed by atoms with Crippen LogP contribution in [0.3, 0.4) is 0 Å². The monoisotopic (exact) mass is 870 g/mol. The van der Waals surface area contributed by atoms with Crippen molar-refractivity contribution in [2.75, 3.05) is 6.61 Å². The van der Waals surface area contributed by atoms with Gasteiger partial charge in [-0.25, -0.2) is 0 Å². The lowest BCUT2D eigenvalue weighted by atomic mass is 10.0. The summed E-state index contributed by atoms with van der Waals surface area (Å²) in [6.45, 7) is 4.17. The largest absolute Gasteiger partial charge is 0.394 e. The molecule has 0 rings (SSSR count). The summed E-state index contributed by atoms with van der Waals surface area (Å²) >= 11 is 0. The molecule has 5 nitrogen and oxygen atoms in total. The van der Waals surface area contributed by atoms with E-state index < -0.39 is 18.2 Å². The summed E-state index contributed by atoms with van der Waals surface area (Å²) < 4.78 is 0. The number of carbonyl (C=O) groups is 1. The van der Waals surface area contributed by atoms with E-state index in [4.69, 9.17) is 0 Å². The maximum absolute atomic E-state index is 12.4. The van der Waals surface area contributed by atoms with E-state index >= 15 is 0 Å². The van der Waals surface area contributed by atoms with Crippen LogP contribution in [0.4, 0.5) is 0 Å². The Hall–Kier alpha value is -1.69. The standard InChI is InChI=1S/C57H107NO4/c1-3-5-7-9-11-13-15-16-17-18-19-20-21-22-23-24-25-26-27-28-29-30-31-32-33-34-35-36-37-38-39-40-41-42-44-46-48-50-54(60)52-57(62)58-55(53-59)56(61)51-49-47-45-43-14-12-10-8-6-4-2/h14,25-26,28-29,43,49,51,54-56,59-61H,3-13,15-24,27,30-42,44-48,50,52-53H2,1-2H3,(H,58,62)/b26-25-,29-28-,43-14+,51-49+. The van der Waals surface area contributed by atoms with Gasteiger partial charge in [-0.3, -0.25) is 4.79 Å². The summed E-state index contributed by atoms with van der Waals surface area (Å²) in [6, 6.07) is -0.760. The third-order valence-corrected chi connectivity index (χ3v) is 12.6. The highest BCUT2D eigenvalue weighted by molar-refractivity contribution is 5.76. The van der Waals surface area contributed by atoms with Crippen molar-refractivity contribution in [3.63, 3.8) is 0 Å². The quantitative estimate of drug-likeness (QED) is 0.0362. The second-order valence-electron chi connectivity index (χ2n) is 18.8. The summed E-state index contributed by atoms with van der Waals surface area (Å²) in [5, 5.41) is 33.2. The van der Waals surface area contributed by atoms with Crippen LogP contribution in [0.15, 0.2) is 48.6 Å².